The van der Waals surface area contributed by atoms with Gasteiger partial charge in [0.1, 0.15) is 5.75 Å². The number of ether oxygens (including phenoxy) is 1. The second kappa shape index (κ2) is 3.34. The van der Waals surface area contributed by atoms with Crippen LogP contribution in [0, 0.1) is 0 Å². The summed E-state index contributed by atoms with van der Waals surface area (Å²) in [6.45, 7) is 0.319. The molecule has 5 heteroatoms. The molecule has 1 aromatic rings. The van der Waals surface area contributed by atoms with Crippen molar-refractivity contribution in [1.29, 1.82) is 0 Å². The Bertz CT molecular complexity index is 516. The topological polar surface area (TPSA) is 60.4 Å². The van der Waals surface area contributed by atoms with E-state index >= 15 is 0 Å². The highest BCUT2D eigenvalue weighted by Crippen LogP contribution is 2.30. The maximum atomic E-state index is 11.6. The Morgan fingerprint density at radius 3 is 2.73 bits per heavy atom. The smallest absolute Gasteiger partial charge is 0.176 e. The molecule has 0 fully saturated rings. The van der Waals surface area contributed by atoms with Crippen LogP contribution in [0.15, 0.2) is 23.1 Å². The lowest BCUT2D eigenvalue weighted by Gasteiger charge is -2.18. The van der Waals surface area contributed by atoms with E-state index in [0.29, 0.717) is 12.4 Å². The van der Waals surface area contributed by atoms with Crippen LogP contribution in [0.1, 0.15) is 16.8 Å². The van der Waals surface area contributed by atoms with Gasteiger partial charge in [0.05, 0.1) is 17.1 Å². The number of hydrogen-bond donors (Lipinski definition) is 0. The van der Waals surface area contributed by atoms with Crippen molar-refractivity contribution in [2.75, 3.05) is 12.9 Å². The van der Waals surface area contributed by atoms with E-state index in [-0.39, 0.29) is 22.7 Å². The Kier molecular flexibility index (Phi) is 2.26. The van der Waals surface area contributed by atoms with E-state index in [1.54, 1.807) is 12.1 Å². The van der Waals surface area contributed by atoms with Gasteiger partial charge in [-0.1, -0.05) is 6.07 Å². The summed E-state index contributed by atoms with van der Waals surface area (Å²) >= 11 is 0. The Labute approximate surface area is 87.8 Å². The maximum absolute atomic E-state index is 11.6. The van der Waals surface area contributed by atoms with Crippen molar-refractivity contribution < 1.29 is 17.9 Å². The molecular formula is C10H10O4S. The van der Waals surface area contributed by atoms with Crippen molar-refractivity contribution in [2.24, 2.45) is 0 Å². The monoisotopic (exact) mass is 226 g/mol. The van der Waals surface area contributed by atoms with Crippen LogP contribution in [-0.2, 0) is 9.84 Å². The van der Waals surface area contributed by atoms with Gasteiger partial charge in [-0.3, -0.25) is 4.79 Å². The summed E-state index contributed by atoms with van der Waals surface area (Å²) in [4.78, 5) is 11.7. The van der Waals surface area contributed by atoms with Gasteiger partial charge >= 0.3 is 0 Å². The van der Waals surface area contributed by atoms with E-state index in [1.807, 2.05) is 0 Å². The van der Waals surface area contributed by atoms with Crippen LogP contribution in [-0.4, -0.2) is 27.1 Å². The molecule has 2 rings (SSSR count). The minimum atomic E-state index is -3.38. The first kappa shape index (κ1) is 10.2. The lowest BCUT2D eigenvalue weighted by molar-refractivity contribution is 0.0929. The molecule has 4 nitrogen and oxygen atoms in total. The standard InChI is InChI=1S/C10H10O4S/c1-15(12,13)9-4-2-3-8-10(9)7(11)5-6-14-8/h2-4H,5-6H2,1H3. The molecule has 0 aromatic heterocycles. The molecule has 1 aliphatic rings. The zero-order valence-corrected chi connectivity index (χ0v) is 9.00. The van der Waals surface area contributed by atoms with Crippen molar-refractivity contribution >= 4 is 15.6 Å². The number of rotatable bonds is 1. The second-order valence-electron chi connectivity index (χ2n) is 3.42. The number of Topliss-reactive ketones (excluding diaryl/α,β-unsaturated/α-hetero) is 1. The third-order valence-electron chi connectivity index (χ3n) is 2.25. The van der Waals surface area contributed by atoms with Crippen molar-refractivity contribution in [2.45, 2.75) is 11.3 Å². The molecule has 1 heterocycles. The first-order valence-corrected chi connectivity index (χ1v) is 6.38. The molecule has 0 saturated heterocycles. The second-order valence-corrected chi connectivity index (χ2v) is 5.41. The molecule has 15 heavy (non-hydrogen) atoms. The SMILES string of the molecule is CS(=O)(=O)c1cccc2c1C(=O)CCO2. The number of hydrogen-bond acceptors (Lipinski definition) is 4. The van der Waals surface area contributed by atoms with Crippen molar-refractivity contribution in [3.8, 4) is 5.75 Å². The van der Waals surface area contributed by atoms with Crippen molar-refractivity contribution in [3.05, 3.63) is 23.8 Å². The predicted molar refractivity (Wildman–Crippen MR) is 54.0 cm³/mol. The minimum absolute atomic E-state index is 0.0599. The van der Waals surface area contributed by atoms with E-state index < -0.39 is 9.84 Å². The lowest BCUT2D eigenvalue weighted by Crippen LogP contribution is -2.18. The summed E-state index contributed by atoms with van der Waals surface area (Å²) in [5.41, 5.74) is 0.200. The Balaban J connectivity index is 2.73. The zero-order chi connectivity index (χ0) is 11.1. The van der Waals surface area contributed by atoms with Gasteiger partial charge in [-0.2, -0.15) is 0 Å². The largest absolute Gasteiger partial charge is 0.492 e. The van der Waals surface area contributed by atoms with E-state index in [2.05, 4.69) is 0 Å². The fraction of sp³-hybridized carbons (Fsp3) is 0.300. The van der Waals surface area contributed by atoms with Crippen LogP contribution in [0.25, 0.3) is 0 Å². The molecule has 0 amide bonds. The molecule has 80 valence electrons. The normalized spacial score (nSPS) is 15.7. The van der Waals surface area contributed by atoms with Crippen molar-refractivity contribution in [1.82, 2.24) is 0 Å². The first-order chi connectivity index (χ1) is 7.00. The number of carbonyl (C=O) groups is 1. The number of benzene rings is 1. The van der Waals surface area contributed by atoms with Crippen LogP contribution >= 0.6 is 0 Å². The maximum Gasteiger partial charge on any atom is 0.176 e. The number of ketones is 1. The van der Waals surface area contributed by atoms with Crippen LogP contribution < -0.4 is 4.74 Å². The van der Waals surface area contributed by atoms with Gasteiger partial charge in [-0.15, -0.1) is 0 Å². The summed E-state index contributed by atoms with van der Waals surface area (Å²) in [5.74, 6) is 0.200. The zero-order valence-electron chi connectivity index (χ0n) is 8.19. The minimum Gasteiger partial charge on any atom is -0.492 e. The molecule has 0 saturated carbocycles. The molecule has 0 spiro atoms. The molecule has 0 radical (unpaired) electrons. The van der Waals surface area contributed by atoms with Crippen LogP contribution in [0.2, 0.25) is 0 Å². The van der Waals surface area contributed by atoms with Crippen LogP contribution in [0.5, 0.6) is 5.75 Å². The quantitative estimate of drug-likeness (QED) is 0.718. The lowest BCUT2D eigenvalue weighted by atomic mass is 10.1. The summed E-state index contributed by atoms with van der Waals surface area (Å²) in [7, 11) is -3.38. The molecule has 0 N–H and O–H groups in total. The Hall–Kier alpha value is -1.36. The number of sulfone groups is 1. The van der Waals surface area contributed by atoms with Crippen molar-refractivity contribution in [3.63, 3.8) is 0 Å². The molecule has 0 unspecified atom stereocenters. The summed E-state index contributed by atoms with van der Waals surface area (Å²) in [6, 6.07) is 4.62. The highest BCUT2D eigenvalue weighted by Gasteiger charge is 2.25. The van der Waals surface area contributed by atoms with Crippen LogP contribution in [0.4, 0.5) is 0 Å². The predicted octanol–water partition coefficient (Wildman–Crippen LogP) is 1.06. The highest BCUT2D eigenvalue weighted by molar-refractivity contribution is 7.90. The van der Waals surface area contributed by atoms with Crippen LogP contribution in [0.3, 0.4) is 0 Å². The third kappa shape index (κ3) is 1.74. The molecule has 0 aliphatic carbocycles. The van der Waals surface area contributed by atoms with Gasteiger partial charge in [0.25, 0.3) is 0 Å². The number of carbonyl (C=O) groups excluding carboxylic acids is 1. The van der Waals surface area contributed by atoms with E-state index in [0.717, 1.165) is 6.26 Å². The molecule has 1 aliphatic heterocycles. The fourth-order valence-corrected chi connectivity index (χ4v) is 2.50. The number of fused-ring (bicyclic) bond motifs is 1. The van der Waals surface area contributed by atoms with Gasteiger partial charge in [0, 0.05) is 12.7 Å². The average molecular weight is 226 g/mol. The molecule has 0 bridgehead atoms. The fourth-order valence-electron chi connectivity index (χ4n) is 1.59. The third-order valence-corrected chi connectivity index (χ3v) is 3.39. The summed E-state index contributed by atoms with van der Waals surface area (Å²) < 4.78 is 28.1. The first-order valence-electron chi connectivity index (χ1n) is 4.49. The highest BCUT2D eigenvalue weighted by atomic mass is 32.2. The van der Waals surface area contributed by atoms with Gasteiger partial charge in [-0.25, -0.2) is 8.42 Å². The van der Waals surface area contributed by atoms with Gasteiger partial charge in [-0.05, 0) is 12.1 Å². The molecule has 1 aromatic carbocycles. The Morgan fingerprint density at radius 2 is 2.07 bits per heavy atom. The van der Waals surface area contributed by atoms with E-state index in [1.165, 1.54) is 6.07 Å². The van der Waals surface area contributed by atoms with E-state index in [9.17, 15) is 13.2 Å². The molecule has 0 atom stereocenters. The van der Waals surface area contributed by atoms with Gasteiger partial charge < -0.3 is 4.74 Å². The van der Waals surface area contributed by atoms with Gasteiger partial charge in [0.15, 0.2) is 15.6 Å². The Morgan fingerprint density at radius 1 is 1.33 bits per heavy atom. The molecular weight excluding hydrogens is 216 g/mol. The average Bonchev–Trinajstić information content (AvgIpc) is 2.16. The van der Waals surface area contributed by atoms with Gasteiger partial charge in [0.2, 0.25) is 0 Å². The summed E-state index contributed by atoms with van der Waals surface area (Å²) in [6.07, 6.45) is 1.32. The summed E-state index contributed by atoms with van der Waals surface area (Å²) in [5, 5.41) is 0. The van der Waals surface area contributed by atoms with E-state index in [4.69, 9.17) is 4.74 Å².